The zero-order valence-electron chi connectivity index (χ0n) is 11.8. The van der Waals surface area contributed by atoms with Gasteiger partial charge in [-0.05, 0) is 40.0 Å². The zero-order chi connectivity index (χ0) is 13.4. The third kappa shape index (κ3) is 2.61. The predicted octanol–water partition coefficient (Wildman–Crippen LogP) is 1.55. The fourth-order valence-corrected chi connectivity index (χ4v) is 1.97. The number of carbonyl (C=O) groups is 2. The first kappa shape index (κ1) is 14.0. The van der Waals surface area contributed by atoms with Gasteiger partial charge in [0, 0.05) is 6.54 Å². The van der Waals surface area contributed by atoms with E-state index in [0.29, 0.717) is 12.5 Å². The lowest BCUT2D eigenvalue weighted by Crippen LogP contribution is -2.72. The number of amides is 2. The highest BCUT2D eigenvalue weighted by Gasteiger charge is 2.49. The summed E-state index contributed by atoms with van der Waals surface area (Å²) in [6.45, 7) is 12.0. The molecule has 0 radical (unpaired) electrons. The molecule has 4 nitrogen and oxygen atoms in total. The van der Waals surface area contributed by atoms with E-state index < -0.39 is 11.1 Å². The molecule has 98 valence electrons. The summed E-state index contributed by atoms with van der Waals surface area (Å²) in [5.74, 6) is 0.445. The Morgan fingerprint density at radius 1 is 1.18 bits per heavy atom. The van der Waals surface area contributed by atoms with Crippen LogP contribution >= 0.6 is 0 Å². The van der Waals surface area contributed by atoms with E-state index in [0.717, 1.165) is 6.42 Å². The molecule has 1 aliphatic heterocycles. The molecule has 1 saturated heterocycles. The van der Waals surface area contributed by atoms with Gasteiger partial charge in [-0.3, -0.25) is 9.59 Å². The van der Waals surface area contributed by atoms with Crippen LogP contribution in [0.25, 0.3) is 0 Å². The van der Waals surface area contributed by atoms with Crippen molar-refractivity contribution < 1.29 is 9.59 Å². The van der Waals surface area contributed by atoms with Crippen LogP contribution in [0, 0.1) is 5.92 Å². The molecule has 1 fully saturated rings. The van der Waals surface area contributed by atoms with Crippen LogP contribution in [0.15, 0.2) is 0 Å². The van der Waals surface area contributed by atoms with Gasteiger partial charge in [-0.2, -0.15) is 0 Å². The molecule has 1 heterocycles. The molecule has 2 amide bonds. The summed E-state index contributed by atoms with van der Waals surface area (Å²) in [6, 6.07) is 0. The molecule has 0 bridgehead atoms. The summed E-state index contributed by atoms with van der Waals surface area (Å²) in [7, 11) is 0. The second-order valence-electron chi connectivity index (χ2n) is 6.28. The summed E-state index contributed by atoms with van der Waals surface area (Å²) in [5.41, 5.74) is -1.54. The minimum atomic E-state index is -0.788. The molecule has 0 unspecified atom stereocenters. The summed E-state index contributed by atoms with van der Waals surface area (Å²) < 4.78 is 0. The van der Waals surface area contributed by atoms with Crippen molar-refractivity contribution >= 4 is 11.8 Å². The SMILES string of the molecule is CC(C)CCN1C(=O)C(C)(C)NC(=O)C1(C)C. The largest absolute Gasteiger partial charge is 0.340 e. The highest BCUT2D eigenvalue weighted by molar-refractivity contribution is 6.01. The Labute approximate surface area is 104 Å². The fourth-order valence-electron chi connectivity index (χ4n) is 1.97. The Bertz CT molecular complexity index is 332. The van der Waals surface area contributed by atoms with Crippen molar-refractivity contribution in [3.63, 3.8) is 0 Å². The van der Waals surface area contributed by atoms with Crippen LogP contribution in [0.3, 0.4) is 0 Å². The Balaban J connectivity index is 2.95. The number of hydrogen-bond acceptors (Lipinski definition) is 2. The number of piperazine rings is 1. The second kappa shape index (κ2) is 4.31. The van der Waals surface area contributed by atoms with Gasteiger partial charge in [0.25, 0.3) is 0 Å². The van der Waals surface area contributed by atoms with Crippen LogP contribution in [0.1, 0.15) is 48.0 Å². The van der Waals surface area contributed by atoms with Crippen LogP contribution in [-0.2, 0) is 9.59 Å². The molecule has 4 heteroatoms. The summed E-state index contributed by atoms with van der Waals surface area (Å²) >= 11 is 0. The molecule has 1 rings (SSSR count). The minimum absolute atomic E-state index is 0.00255. The maximum Gasteiger partial charge on any atom is 0.248 e. The zero-order valence-corrected chi connectivity index (χ0v) is 11.8. The average Bonchev–Trinajstić information content (AvgIpc) is 2.14. The monoisotopic (exact) mass is 240 g/mol. The van der Waals surface area contributed by atoms with Crippen LogP contribution < -0.4 is 5.32 Å². The molecule has 17 heavy (non-hydrogen) atoms. The maximum absolute atomic E-state index is 12.3. The summed E-state index contributed by atoms with van der Waals surface area (Å²) in [5, 5.41) is 2.78. The third-order valence-corrected chi connectivity index (χ3v) is 3.37. The van der Waals surface area contributed by atoms with E-state index in [1.807, 2.05) is 0 Å². The standard InChI is InChI=1S/C13H24N2O2/c1-9(2)7-8-15-11(17)12(3,4)14-10(16)13(15,5)6/h9H,7-8H2,1-6H3,(H,14,16). The van der Waals surface area contributed by atoms with E-state index in [1.54, 1.807) is 32.6 Å². The molecule has 0 spiro atoms. The lowest BCUT2D eigenvalue weighted by atomic mass is 9.89. The van der Waals surface area contributed by atoms with Crippen LogP contribution in [0.2, 0.25) is 0 Å². The summed E-state index contributed by atoms with van der Waals surface area (Å²) in [4.78, 5) is 26.1. The Hall–Kier alpha value is -1.06. The van der Waals surface area contributed by atoms with Gasteiger partial charge in [0.2, 0.25) is 11.8 Å². The second-order valence-corrected chi connectivity index (χ2v) is 6.28. The number of nitrogens with one attached hydrogen (secondary N) is 1. The van der Waals surface area contributed by atoms with Crippen molar-refractivity contribution in [1.29, 1.82) is 0 Å². The van der Waals surface area contributed by atoms with E-state index >= 15 is 0 Å². The van der Waals surface area contributed by atoms with Gasteiger partial charge >= 0.3 is 0 Å². The van der Waals surface area contributed by atoms with Crippen molar-refractivity contribution in [3.05, 3.63) is 0 Å². The van der Waals surface area contributed by atoms with E-state index in [1.165, 1.54) is 0 Å². The van der Waals surface area contributed by atoms with E-state index in [-0.39, 0.29) is 11.8 Å². The van der Waals surface area contributed by atoms with Gasteiger partial charge in [0.15, 0.2) is 0 Å². The maximum atomic E-state index is 12.3. The molecule has 0 aliphatic carbocycles. The smallest absolute Gasteiger partial charge is 0.248 e. The highest BCUT2D eigenvalue weighted by Crippen LogP contribution is 2.26. The van der Waals surface area contributed by atoms with Gasteiger partial charge in [-0.1, -0.05) is 13.8 Å². The Morgan fingerprint density at radius 2 is 1.71 bits per heavy atom. The first-order chi connectivity index (χ1) is 7.59. The summed E-state index contributed by atoms with van der Waals surface area (Å²) in [6.07, 6.45) is 0.915. The van der Waals surface area contributed by atoms with Crippen molar-refractivity contribution in [2.24, 2.45) is 5.92 Å². The Morgan fingerprint density at radius 3 is 2.18 bits per heavy atom. The van der Waals surface area contributed by atoms with E-state index in [9.17, 15) is 9.59 Å². The van der Waals surface area contributed by atoms with Gasteiger partial charge in [-0.15, -0.1) is 0 Å². The number of hydrogen-bond donors (Lipinski definition) is 1. The van der Waals surface area contributed by atoms with Crippen molar-refractivity contribution in [2.45, 2.75) is 59.0 Å². The molecule has 0 atom stereocenters. The highest BCUT2D eigenvalue weighted by atomic mass is 16.2. The first-order valence-electron chi connectivity index (χ1n) is 6.23. The molecule has 0 saturated carbocycles. The normalized spacial score (nSPS) is 22.9. The topological polar surface area (TPSA) is 49.4 Å². The van der Waals surface area contributed by atoms with Gasteiger partial charge in [0.1, 0.15) is 11.1 Å². The lowest BCUT2D eigenvalue weighted by Gasteiger charge is -2.47. The quantitative estimate of drug-likeness (QED) is 0.813. The van der Waals surface area contributed by atoms with Crippen LogP contribution in [0.4, 0.5) is 0 Å². The van der Waals surface area contributed by atoms with Crippen molar-refractivity contribution in [1.82, 2.24) is 10.2 Å². The van der Waals surface area contributed by atoms with Crippen molar-refractivity contribution in [2.75, 3.05) is 6.54 Å². The molecule has 0 aromatic heterocycles. The van der Waals surface area contributed by atoms with Crippen molar-refractivity contribution in [3.8, 4) is 0 Å². The molecular weight excluding hydrogens is 216 g/mol. The minimum Gasteiger partial charge on any atom is -0.340 e. The molecule has 1 N–H and O–H groups in total. The van der Waals surface area contributed by atoms with E-state index in [4.69, 9.17) is 0 Å². The first-order valence-corrected chi connectivity index (χ1v) is 6.23. The number of carbonyl (C=O) groups excluding carboxylic acids is 2. The molecular formula is C13H24N2O2. The molecule has 1 aliphatic rings. The van der Waals surface area contributed by atoms with E-state index in [2.05, 4.69) is 19.2 Å². The fraction of sp³-hybridized carbons (Fsp3) is 0.846. The van der Waals surface area contributed by atoms with Crippen LogP contribution in [-0.4, -0.2) is 34.3 Å². The van der Waals surface area contributed by atoms with Crippen LogP contribution in [0.5, 0.6) is 0 Å². The Kier molecular flexibility index (Phi) is 3.55. The van der Waals surface area contributed by atoms with Gasteiger partial charge in [-0.25, -0.2) is 0 Å². The lowest BCUT2D eigenvalue weighted by molar-refractivity contribution is -0.159. The third-order valence-electron chi connectivity index (χ3n) is 3.37. The van der Waals surface area contributed by atoms with Gasteiger partial charge in [0.05, 0.1) is 0 Å². The predicted molar refractivity (Wildman–Crippen MR) is 67.5 cm³/mol. The average molecular weight is 240 g/mol. The molecule has 0 aromatic carbocycles. The van der Waals surface area contributed by atoms with Gasteiger partial charge < -0.3 is 10.2 Å². The number of rotatable bonds is 3. The number of nitrogens with zero attached hydrogens (tertiary/aromatic N) is 1. The molecule has 0 aromatic rings.